The fourth-order valence-electron chi connectivity index (χ4n) is 3.41. The Hall–Kier alpha value is -2.31. The Bertz CT molecular complexity index is 901. The Morgan fingerprint density at radius 3 is 2.50 bits per heavy atom. The molecule has 5 nitrogen and oxygen atoms in total. The summed E-state index contributed by atoms with van der Waals surface area (Å²) in [4.78, 5) is 22.0. The highest BCUT2D eigenvalue weighted by atomic mass is 32.2. The van der Waals surface area contributed by atoms with E-state index in [-0.39, 0.29) is 5.91 Å². The van der Waals surface area contributed by atoms with Crippen molar-refractivity contribution in [3.05, 3.63) is 66.0 Å². The van der Waals surface area contributed by atoms with Gasteiger partial charge >= 0.3 is 0 Å². The molecule has 1 fully saturated rings. The number of hydrogen-bond acceptors (Lipinski definition) is 4. The van der Waals surface area contributed by atoms with E-state index in [0.717, 1.165) is 43.4 Å². The summed E-state index contributed by atoms with van der Waals surface area (Å²) in [6.07, 6.45) is 3.95. The lowest BCUT2D eigenvalue weighted by atomic mass is 10.2. The molecule has 6 heteroatoms. The SMILES string of the molecule is CSc1nc(C(=O)N2CCN(Cc3ccccc3)CC2)c2ccccn12. The number of hydrogen-bond donors (Lipinski definition) is 0. The Kier molecular flexibility index (Phi) is 4.95. The summed E-state index contributed by atoms with van der Waals surface area (Å²) in [6, 6.07) is 16.4. The zero-order valence-electron chi connectivity index (χ0n) is 14.8. The lowest BCUT2D eigenvalue weighted by Gasteiger charge is -2.34. The number of carbonyl (C=O) groups is 1. The molecule has 0 bridgehead atoms. The van der Waals surface area contributed by atoms with Crippen molar-refractivity contribution in [2.45, 2.75) is 11.7 Å². The predicted octanol–water partition coefficient (Wildman–Crippen LogP) is 3.01. The van der Waals surface area contributed by atoms with Crippen molar-refractivity contribution in [2.24, 2.45) is 0 Å². The van der Waals surface area contributed by atoms with Gasteiger partial charge in [0, 0.05) is 38.9 Å². The molecule has 0 spiro atoms. The van der Waals surface area contributed by atoms with E-state index >= 15 is 0 Å². The van der Waals surface area contributed by atoms with Crippen molar-refractivity contribution >= 4 is 23.2 Å². The third kappa shape index (κ3) is 3.34. The van der Waals surface area contributed by atoms with Crippen molar-refractivity contribution < 1.29 is 4.79 Å². The summed E-state index contributed by atoms with van der Waals surface area (Å²) in [5.41, 5.74) is 2.76. The standard InChI is InChI=1S/C20H22N4OS/c1-26-20-21-18(17-9-5-6-10-24(17)20)19(25)23-13-11-22(12-14-23)15-16-7-3-2-4-8-16/h2-10H,11-15H2,1H3. The molecule has 0 atom stereocenters. The average Bonchev–Trinajstić information content (AvgIpc) is 3.08. The molecule has 0 unspecified atom stereocenters. The van der Waals surface area contributed by atoms with Crippen LogP contribution >= 0.6 is 11.8 Å². The van der Waals surface area contributed by atoms with E-state index in [1.807, 2.05) is 46.0 Å². The summed E-state index contributed by atoms with van der Waals surface area (Å²) >= 11 is 1.56. The van der Waals surface area contributed by atoms with Crippen LogP contribution in [0.2, 0.25) is 0 Å². The molecule has 3 aromatic rings. The number of imidazole rings is 1. The quantitative estimate of drug-likeness (QED) is 0.666. The van der Waals surface area contributed by atoms with Gasteiger partial charge in [-0.05, 0) is 24.0 Å². The highest BCUT2D eigenvalue weighted by Crippen LogP contribution is 2.21. The molecule has 2 aromatic heterocycles. The van der Waals surface area contributed by atoms with Gasteiger partial charge in [0.05, 0.1) is 5.52 Å². The second-order valence-corrected chi connectivity index (χ2v) is 7.23. The Morgan fingerprint density at radius 2 is 1.77 bits per heavy atom. The van der Waals surface area contributed by atoms with Crippen LogP contribution in [0.3, 0.4) is 0 Å². The maximum atomic E-state index is 13.0. The van der Waals surface area contributed by atoms with Crippen molar-refractivity contribution in [1.82, 2.24) is 19.2 Å². The molecular formula is C20H22N4OS. The topological polar surface area (TPSA) is 40.9 Å². The summed E-state index contributed by atoms with van der Waals surface area (Å²) < 4.78 is 1.99. The maximum absolute atomic E-state index is 13.0. The van der Waals surface area contributed by atoms with E-state index in [9.17, 15) is 4.79 Å². The van der Waals surface area contributed by atoms with E-state index in [1.165, 1.54) is 5.56 Å². The van der Waals surface area contributed by atoms with Gasteiger partial charge < -0.3 is 4.90 Å². The highest BCUT2D eigenvalue weighted by molar-refractivity contribution is 7.98. The number of aromatic nitrogens is 2. The van der Waals surface area contributed by atoms with Gasteiger partial charge in [-0.15, -0.1) is 0 Å². The van der Waals surface area contributed by atoms with Gasteiger partial charge in [-0.2, -0.15) is 0 Å². The Balaban J connectivity index is 1.46. The number of nitrogens with zero attached hydrogens (tertiary/aromatic N) is 4. The van der Waals surface area contributed by atoms with Crippen LogP contribution in [0.15, 0.2) is 59.9 Å². The van der Waals surface area contributed by atoms with Crippen LogP contribution in [0.25, 0.3) is 5.52 Å². The van der Waals surface area contributed by atoms with Gasteiger partial charge in [-0.25, -0.2) is 4.98 Å². The van der Waals surface area contributed by atoms with Gasteiger partial charge in [0.15, 0.2) is 10.9 Å². The van der Waals surface area contributed by atoms with Crippen molar-refractivity contribution in [3.8, 4) is 0 Å². The Labute approximate surface area is 157 Å². The fraction of sp³-hybridized carbons (Fsp3) is 0.300. The summed E-state index contributed by atoms with van der Waals surface area (Å²) in [5.74, 6) is 0.0355. The minimum Gasteiger partial charge on any atom is -0.335 e. The first-order valence-electron chi connectivity index (χ1n) is 8.83. The van der Waals surface area contributed by atoms with E-state index in [0.29, 0.717) is 5.69 Å². The van der Waals surface area contributed by atoms with E-state index in [1.54, 1.807) is 11.8 Å². The fourth-order valence-corrected chi connectivity index (χ4v) is 3.95. The summed E-state index contributed by atoms with van der Waals surface area (Å²) in [7, 11) is 0. The van der Waals surface area contributed by atoms with Gasteiger partial charge in [0.1, 0.15) is 0 Å². The monoisotopic (exact) mass is 366 g/mol. The van der Waals surface area contributed by atoms with Crippen molar-refractivity contribution in [2.75, 3.05) is 32.4 Å². The first kappa shape index (κ1) is 17.1. The molecule has 0 aliphatic carbocycles. The summed E-state index contributed by atoms with van der Waals surface area (Å²) in [5, 5.41) is 0.853. The van der Waals surface area contributed by atoms with Gasteiger partial charge in [-0.3, -0.25) is 14.1 Å². The predicted molar refractivity (Wildman–Crippen MR) is 105 cm³/mol. The van der Waals surface area contributed by atoms with Crippen LogP contribution in [0.1, 0.15) is 16.1 Å². The molecule has 4 rings (SSSR count). The smallest absolute Gasteiger partial charge is 0.274 e. The zero-order chi connectivity index (χ0) is 17.9. The second kappa shape index (κ2) is 7.51. The molecule has 0 saturated carbocycles. The zero-order valence-corrected chi connectivity index (χ0v) is 15.7. The molecule has 1 aromatic carbocycles. The molecule has 1 saturated heterocycles. The number of piperazine rings is 1. The Morgan fingerprint density at radius 1 is 1.04 bits per heavy atom. The van der Waals surface area contributed by atoms with Gasteiger partial charge in [0.25, 0.3) is 5.91 Å². The van der Waals surface area contributed by atoms with Crippen molar-refractivity contribution in [1.29, 1.82) is 0 Å². The molecule has 0 radical (unpaired) electrons. The molecular weight excluding hydrogens is 344 g/mol. The van der Waals surface area contributed by atoms with Crippen LogP contribution in [0.5, 0.6) is 0 Å². The number of amides is 1. The van der Waals surface area contributed by atoms with Crippen LogP contribution in [-0.4, -0.2) is 57.5 Å². The third-order valence-electron chi connectivity index (χ3n) is 4.81. The third-order valence-corrected chi connectivity index (χ3v) is 5.46. The number of rotatable bonds is 4. The first-order valence-corrected chi connectivity index (χ1v) is 10.1. The molecule has 26 heavy (non-hydrogen) atoms. The second-order valence-electron chi connectivity index (χ2n) is 6.46. The molecule has 1 amide bonds. The van der Waals surface area contributed by atoms with E-state index < -0.39 is 0 Å². The van der Waals surface area contributed by atoms with Crippen molar-refractivity contribution in [3.63, 3.8) is 0 Å². The number of benzene rings is 1. The van der Waals surface area contributed by atoms with E-state index in [2.05, 4.69) is 34.1 Å². The normalized spacial score (nSPS) is 15.5. The van der Waals surface area contributed by atoms with Gasteiger partial charge in [0.2, 0.25) is 0 Å². The average molecular weight is 366 g/mol. The number of pyridine rings is 1. The largest absolute Gasteiger partial charge is 0.335 e. The minimum atomic E-state index is 0.0355. The van der Waals surface area contributed by atoms with Crippen LogP contribution < -0.4 is 0 Å². The number of fused-ring (bicyclic) bond motifs is 1. The maximum Gasteiger partial charge on any atom is 0.274 e. The molecule has 3 heterocycles. The van der Waals surface area contributed by atoms with E-state index in [4.69, 9.17) is 0 Å². The number of carbonyl (C=O) groups excluding carboxylic acids is 1. The molecule has 0 N–H and O–H groups in total. The van der Waals surface area contributed by atoms with Gasteiger partial charge in [-0.1, -0.05) is 48.2 Å². The lowest BCUT2D eigenvalue weighted by molar-refractivity contribution is 0.0625. The molecule has 1 aliphatic heterocycles. The molecule has 134 valence electrons. The van der Waals surface area contributed by atoms with Crippen LogP contribution in [0.4, 0.5) is 0 Å². The minimum absolute atomic E-state index is 0.0355. The lowest BCUT2D eigenvalue weighted by Crippen LogP contribution is -2.48. The molecule has 1 aliphatic rings. The highest BCUT2D eigenvalue weighted by Gasteiger charge is 2.26. The van der Waals surface area contributed by atoms with Crippen LogP contribution in [0, 0.1) is 0 Å². The van der Waals surface area contributed by atoms with Crippen LogP contribution in [-0.2, 0) is 6.54 Å². The summed E-state index contributed by atoms with van der Waals surface area (Å²) in [6.45, 7) is 4.20. The number of thioether (sulfide) groups is 1. The first-order chi connectivity index (χ1) is 12.8.